The summed E-state index contributed by atoms with van der Waals surface area (Å²) in [5, 5.41) is 0. The van der Waals surface area contributed by atoms with Gasteiger partial charge in [-0.05, 0) is 38.4 Å². The number of ether oxygens (including phenoxy) is 1. The van der Waals surface area contributed by atoms with Crippen LogP contribution in [-0.2, 0) is 11.5 Å². The van der Waals surface area contributed by atoms with Crippen molar-refractivity contribution in [1.29, 1.82) is 0 Å². The van der Waals surface area contributed by atoms with Crippen LogP contribution in [0.1, 0.15) is 30.4 Å². The maximum atomic E-state index is 5.86. The Balaban J connectivity index is 2.01. The van der Waals surface area contributed by atoms with Gasteiger partial charge in [0.2, 0.25) is 0 Å². The zero-order chi connectivity index (χ0) is 15.5. The second kappa shape index (κ2) is 6.78. The van der Waals surface area contributed by atoms with Gasteiger partial charge in [-0.1, -0.05) is 19.6 Å². The van der Waals surface area contributed by atoms with Crippen molar-refractivity contribution in [3.8, 4) is 12.3 Å². The number of rotatable bonds is 6. The number of hydrogen-bond donors (Lipinski definition) is 0. The minimum absolute atomic E-state index is 0.368. The first-order valence-corrected chi connectivity index (χ1v) is 11.4. The zero-order valence-electron chi connectivity index (χ0n) is 13.7. The molecule has 1 aromatic heterocycles. The first-order valence-electron chi connectivity index (χ1n) is 7.72. The van der Waals surface area contributed by atoms with Crippen LogP contribution in [0.3, 0.4) is 0 Å². The zero-order valence-corrected chi connectivity index (χ0v) is 14.7. The number of imidazole rings is 1. The average molecular weight is 305 g/mol. The molecule has 21 heavy (non-hydrogen) atoms. The molecule has 2 rings (SSSR count). The van der Waals surface area contributed by atoms with E-state index in [1.807, 2.05) is 6.20 Å². The quantitative estimate of drug-likeness (QED) is 0.460. The summed E-state index contributed by atoms with van der Waals surface area (Å²) in [7, 11) is 1.11. The van der Waals surface area contributed by atoms with Crippen LogP contribution in [0, 0.1) is 12.3 Å². The number of likely N-dealkylation sites (tertiary alicyclic amines) is 1. The van der Waals surface area contributed by atoms with Gasteiger partial charge >= 0.3 is 0 Å². The standard InChI is InChI=1S/C16H27N3OSi/c1-6-14-12-19(13-20-10-11-21(3,4)5)16(17-14)15-8-7-9-18(15)2/h1,12,15H,7-11,13H2,2-5H3/t15-/m0/s1. The molecule has 1 fully saturated rings. The molecule has 1 aromatic rings. The minimum atomic E-state index is -1.04. The lowest BCUT2D eigenvalue weighted by Crippen LogP contribution is -2.23. The lowest BCUT2D eigenvalue weighted by molar-refractivity contribution is 0.0820. The van der Waals surface area contributed by atoms with E-state index in [-0.39, 0.29) is 0 Å². The van der Waals surface area contributed by atoms with Crippen LogP contribution in [0.5, 0.6) is 0 Å². The monoisotopic (exact) mass is 305 g/mol. The molecule has 0 unspecified atom stereocenters. The SMILES string of the molecule is C#Cc1cn(COCC[Si](C)(C)C)c([C@@H]2CCCN2C)n1. The van der Waals surface area contributed by atoms with E-state index in [1.165, 1.54) is 12.5 Å². The number of terminal acetylenes is 1. The van der Waals surface area contributed by atoms with Crippen molar-refractivity contribution in [3.63, 3.8) is 0 Å². The lowest BCUT2D eigenvalue weighted by atomic mass is 10.2. The van der Waals surface area contributed by atoms with Gasteiger partial charge in [0.05, 0.1) is 6.04 Å². The molecule has 4 nitrogen and oxygen atoms in total. The molecule has 0 amide bonds. The Morgan fingerprint density at radius 2 is 2.24 bits per heavy atom. The van der Waals surface area contributed by atoms with Gasteiger partial charge in [0, 0.05) is 20.9 Å². The van der Waals surface area contributed by atoms with Crippen LogP contribution in [0.15, 0.2) is 6.20 Å². The van der Waals surface area contributed by atoms with Crippen LogP contribution in [-0.4, -0.2) is 42.7 Å². The first kappa shape index (κ1) is 16.3. The summed E-state index contributed by atoms with van der Waals surface area (Å²) in [4.78, 5) is 6.95. The van der Waals surface area contributed by atoms with E-state index in [4.69, 9.17) is 11.2 Å². The van der Waals surface area contributed by atoms with Gasteiger partial charge in [-0.3, -0.25) is 4.90 Å². The van der Waals surface area contributed by atoms with E-state index < -0.39 is 8.07 Å². The second-order valence-corrected chi connectivity index (χ2v) is 12.7. The Labute approximate surface area is 129 Å². The van der Waals surface area contributed by atoms with Gasteiger partial charge in [-0.25, -0.2) is 4.98 Å². The molecule has 0 aliphatic carbocycles. The van der Waals surface area contributed by atoms with Crippen LogP contribution >= 0.6 is 0 Å². The van der Waals surface area contributed by atoms with Crippen molar-refractivity contribution in [2.24, 2.45) is 0 Å². The summed E-state index contributed by atoms with van der Waals surface area (Å²) in [6.45, 7) is 9.59. The summed E-state index contributed by atoms with van der Waals surface area (Å²) in [6, 6.07) is 1.55. The summed E-state index contributed by atoms with van der Waals surface area (Å²) in [5.74, 6) is 3.69. The topological polar surface area (TPSA) is 30.3 Å². The fourth-order valence-electron chi connectivity index (χ4n) is 2.65. The predicted molar refractivity (Wildman–Crippen MR) is 88.9 cm³/mol. The molecule has 1 saturated heterocycles. The number of aromatic nitrogens is 2. The molecular formula is C16H27N3OSi. The summed E-state index contributed by atoms with van der Waals surface area (Å²) in [6.07, 6.45) is 9.81. The van der Waals surface area contributed by atoms with Crippen molar-refractivity contribution in [2.45, 2.75) is 51.3 Å². The maximum absolute atomic E-state index is 5.86. The largest absolute Gasteiger partial charge is 0.361 e. The van der Waals surface area contributed by atoms with Crippen molar-refractivity contribution < 1.29 is 4.74 Å². The molecule has 2 heterocycles. The average Bonchev–Trinajstić information content (AvgIpc) is 2.99. The van der Waals surface area contributed by atoms with Gasteiger partial charge in [0.1, 0.15) is 18.2 Å². The third-order valence-electron chi connectivity index (χ3n) is 4.00. The summed E-state index contributed by atoms with van der Waals surface area (Å²) in [5.41, 5.74) is 0.707. The van der Waals surface area contributed by atoms with Crippen LogP contribution in [0.4, 0.5) is 0 Å². The molecule has 0 radical (unpaired) electrons. The van der Waals surface area contributed by atoms with E-state index in [9.17, 15) is 0 Å². The first-order chi connectivity index (χ1) is 9.90. The molecule has 0 bridgehead atoms. The fraction of sp³-hybridized carbons (Fsp3) is 0.688. The normalized spacial score (nSPS) is 19.9. The highest BCUT2D eigenvalue weighted by molar-refractivity contribution is 6.76. The number of hydrogen-bond acceptors (Lipinski definition) is 3. The molecule has 1 atom stereocenters. The van der Waals surface area contributed by atoms with Crippen LogP contribution in [0.2, 0.25) is 25.7 Å². The fourth-order valence-corrected chi connectivity index (χ4v) is 3.40. The molecule has 0 saturated carbocycles. The highest BCUT2D eigenvalue weighted by Gasteiger charge is 2.27. The third kappa shape index (κ3) is 4.44. The van der Waals surface area contributed by atoms with Crippen molar-refractivity contribution >= 4 is 8.07 Å². The highest BCUT2D eigenvalue weighted by Crippen LogP contribution is 2.29. The molecule has 1 aliphatic rings. The second-order valence-electron chi connectivity index (χ2n) is 7.09. The Hall–Kier alpha value is -1.09. The van der Waals surface area contributed by atoms with Gasteiger partial charge in [-0.15, -0.1) is 6.42 Å². The Morgan fingerprint density at radius 1 is 1.48 bits per heavy atom. The molecule has 0 spiro atoms. The molecule has 0 aromatic carbocycles. The van der Waals surface area contributed by atoms with E-state index in [0.29, 0.717) is 18.5 Å². The van der Waals surface area contributed by atoms with E-state index >= 15 is 0 Å². The van der Waals surface area contributed by atoms with Crippen molar-refractivity contribution in [2.75, 3.05) is 20.2 Å². The minimum Gasteiger partial charge on any atom is -0.361 e. The van der Waals surface area contributed by atoms with Crippen LogP contribution in [0.25, 0.3) is 0 Å². The predicted octanol–water partition coefficient (Wildman–Crippen LogP) is 2.94. The molecular weight excluding hydrogens is 278 g/mol. The van der Waals surface area contributed by atoms with Crippen LogP contribution < -0.4 is 0 Å². The van der Waals surface area contributed by atoms with Gasteiger partial charge in [0.25, 0.3) is 0 Å². The summed E-state index contributed by atoms with van der Waals surface area (Å²) < 4.78 is 7.95. The van der Waals surface area contributed by atoms with Gasteiger partial charge < -0.3 is 9.30 Å². The van der Waals surface area contributed by atoms with Gasteiger partial charge in [-0.2, -0.15) is 0 Å². The highest BCUT2D eigenvalue weighted by atomic mass is 28.3. The molecule has 5 heteroatoms. The van der Waals surface area contributed by atoms with Crippen molar-refractivity contribution in [1.82, 2.24) is 14.5 Å². The third-order valence-corrected chi connectivity index (χ3v) is 5.70. The Kier molecular flexibility index (Phi) is 5.25. The smallest absolute Gasteiger partial charge is 0.131 e. The van der Waals surface area contributed by atoms with E-state index in [1.54, 1.807) is 0 Å². The lowest BCUT2D eigenvalue weighted by Gasteiger charge is -2.20. The summed E-state index contributed by atoms with van der Waals surface area (Å²) >= 11 is 0. The molecule has 0 N–H and O–H groups in total. The maximum Gasteiger partial charge on any atom is 0.131 e. The van der Waals surface area contributed by atoms with Gasteiger partial charge in [0.15, 0.2) is 0 Å². The Bertz CT molecular complexity index is 513. The van der Waals surface area contributed by atoms with Crippen molar-refractivity contribution in [3.05, 3.63) is 17.7 Å². The van der Waals surface area contributed by atoms with E-state index in [2.05, 4.69) is 47.1 Å². The number of nitrogens with zero attached hydrogens (tertiary/aromatic N) is 3. The molecule has 1 aliphatic heterocycles. The molecule has 116 valence electrons. The van der Waals surface area contributed by atoms with E-state index in [0.717, 1.165) is 25.4 Å². The Morgan fingerprint density at radius 3 is 2.81 bits per heavy atom.